The summed E-state index contributed by atoms with van der Waals surface area (Å²) >= 11 is 7.55. The summed E-state index contributed by atoms with van der Waals surface area (Å²) in [6.07, 6.45) is 0.746. The largest absolute Gasteiger partial charge is 0.479 e. The summed E-state index contributed by atoms with van der Waals surface area (Å²) < 4.78 is 24.6. The Morgan fingerprint density at radius 1 is 1.42 bits per heavy atom. The molecule has 11 heteroatoms. The highest BCUT2D eigenvalue weighted by Gasteiger charge is 2.41. The SMILES string of the molecule is COC(=O)C1=C([C@@H]2CO[C@@H](C(=O)O)C2)NC(c2nccs2)=N[C@H]1c1cccc(F)c1Cl. The molecule has 2 aliphatic rings. The van der Waals surface area contributed by atoms with Gasteiger partial charge in [-0.1, -0.05) is 23.7 Å². The smallest absolute Gasteiger partial charge is 0.338 e. The Balaban J connectivity index is 1.87. The summed E-state index contributed by atoms with van der Waals surface area (Å²) in [5.41, 5.74) is 0.805. The maximum absolute atomic E-state index is 14.2. The van der Waals surface area contributed by atoms with Gasteiger partial charge < -0.3 is 19.9 Å². The number of rotatable bonds is 5. The van der Waals surface area contributed by atoms with E-state index in [1.807, 2.05) is 0 Å². The molecular weight excluding hydrogens is 449 g/mol. The number of carbonyl (C=O) groups is 2. The fraction of sp³-hybridized carbons (Fsp3) is 0.300. The average molecular weight is 466 g/mol. The van der Waals surface area contributed by atoms with Gasteiger partial charge in [-0.05, 0) is 12.5 Å². The summed E-state index contributed by atoms with van der Waals surface area (Å²) in [5, 5.41) is 14.6. The van der Waals surface area contributed by atoms with E-state index >= 15 is 0 Å². The van der Waals surface area contributed by atoms with Crippen LogP contribution in [0.25, 0.3) is 0 Å². The lowest BCUT2D eigenvalue weighted by Gasteiger charge is -2.29. The maximum atomic E-state index is 14.2. The topological polar surface area (TPSA) is 110 Å². The Morgan fingerprint density at radius 2 is 2.23 bits per heavy atom. The van der Waals surface area contributed by atoms with Gasteiger partial charge >= 0.3 is 11.9 Å². The molecule has 1 aromatic carbocycles. The Morgan fingerprint density at radius 3 is 2.87 bits per heavy atom. The summed E-state index contributed by atoms with van der Waals surface area (Å²) in [7, 11) is 1.22. The number of aromatic nitrogens is 1. The van der Waals surface area contributed by atoms with Crippen LogP contribution in [0, 0.1) is 11.7 Å². The number of carboxylic acids is 1. The molecule has 0 bridgehead atoms. The quantitative estimate of drug-likeness (QED) is 0.653. The number of hydrogen-bond acceptors (Lipinski definition) is 8. The van der Waals surface area contributed by atoms with E-state index in [1.54, 1.807) is 17.6 Å². The fourth-order valence-electron chi connectivity index (χ4n) is 3.63. The molecular formula is C20H17ClFN3O5S. The highest BCUT2D eigenvalue weighted by Crippen LogP contribution is 2.40. The van der Waals surface area contributed by atoms with E-state index in [0.29, 0.717) is 16.5 Å². The van der Waals surface area contributed by atoms with Crippen LogP contribution in [0.1, 0.15) is 23.0 Å². The van der Waals surface area contributed by atoms with Crippen molar-refractivity contribution in [2.24, 2.45) is 10.9 Å². The zero-order chi connectivity index (χ0) is 22.1. The van der Waals surface area contributed by atoms with Gasteiger partial charge in [0.05, 0.1) is 24.3 Å². The molecule has 1 saturated heterocycles. The normalized spacial score (nSPS) is 23.3. The molecule has 0 unspecified atom stereocenters. The van der Waals surface area contributed by atoms with Crippen LogP contribution in [0.15, 0.2) is 46.0 Å². The number of aliphatic imine (C=N–C) groups is 1. The van der Waals surface area contributed by atoms with Crippen molar-refractivity contribution in [3.63, 3.8) is 0 Å². The molecule has 3 heterocycles. The zero-order valence-electron chi connectivity index (χ0n) is 16.2. The predicted octanol–water partition coefficient (Wildman–Crippen LogP) is 2.94. The van der Waals surface area contributed by atoms with Gasteiger partial charge in [-0.3, -0.25) is 4.99 Å². The lowest BCUT2D eigenvalue weighted by Crippen LogP contribution is -2.37. The van der Waals surface area contributed by atoms with Crippen LogP contribution in [0.3, 0.4) is 0 Å². The molecule has 31 heavy (non-hydrogen) atoms. The molecule has 0 radical (unpaired) electrons. The lowest BCUT2D eigenvalue weighted by molar-refractivity contribution is -0.147. The monoisotopic (exact) mass is 465 g/mol. The van der Waals surface area contributed by atoms with Crippen molar-refractivity contribution in [1.82, 2.24) is 10.3 Å². The van der Waals surface area contributed by atoms with Gasteiger partial charge in [0.1, 0.15) is 11.9 Å². The molecule has 0 amide bonds. The van der Waals surface area contributed by atoms with Crippen molar-refractivity contribution < 1.29 is 28.6 Å². The number of aliphatic carboxylic acids is 1. The molecule has 8 nitrogen and oxygen atoms in total. The maximum Gasteiger partial charge on any atom is 0.338 e. The standard InChI is InChI=1S/C20H17ClFN3O5S/c1-29-20(28)13-15(9-7-12(19(26)27)30-8-9)24-17(18-23-5-6-31-18)25-16(13)10-3-2-4-11(22)14(10)21/h2-6,9,12,16H,7-8H2,1H3,(H,24,25)(H,26,27)/t9-,12+,16-/m0/s1. The number of carboxylic acid groups (broad SMARTS) is 1. The Bertz CT molecular complexity index is 1090. The molecule has 0 aliphatic carbocycles. The van der Waals surface area contributed by atoms with Crippen molar-refractivity contribution in [1.29, 1.82) is 0 Å². The van der Waals surface area contributed by atoms with Crippen molar-refractivity contribution in [2.75, 3.05) is 13.7 Å². The number of hydrogen-bond donors (Lipinski definition) is 2. The first-order valence-corrected chi connectivity index (χ1v) is 10.5. The Labute approximate surface area is 185 Å². The summed E-state index contributed by atoms with van der Waals surface area (Å²) in [6, 6.07) is 3.29. The summed E-state index contributed by atoms with van der Waals surface area (Å²) in [4.78, 5) is 33.1. The molecule has 2 aliphatic heterocycles. The van der Waals surface area contributed by atoms with Crippen molar-refractivity contribution in [3.8, 4) is 0 Å². The van der Waals surface area contributed by atoms with Crippen LogP contribution in [0.2, 0.25) is 5.02 Å². The molecule has 0 saturated carbocycles. The van der Waals surface area contributed by atoms with Crippen LogP contribution >= 0.6 is 22.9 Å². The van der Waals surface area contributed by atoms with Crippen molar-refractivity contribution >= 4 is 40.7 Å². The molecule has 0 spiro atoms. The summed E-state index contributed by atoms with van der Waals surface area (Å²) in [5.74, 6) is -2.51. The first-order chi connectivity index (χ1) is 14.9. The van der Waals surface area contributed by atoms with Gasteiger partial charge in [0, 0.05) is 28.8 Å². The number of ether oxygens (including phenoxy) is 2. The van der Waals surface area contributed by atoms with E-state index in [0.717, 1.165) is 0 Å². The number of thiazole rings is 1. The van der Waals surface area contributed by atoms with Gasteiger partial charge in [-0.2, -0.15) is 0 Å². The predicted molar refractivity (Wildman–Crippen MR) is 110 cm³/mol. The highest BCUT2D eigenvalue weighted by molar-refractivity contribution is 7.11. The number of amidine groups is 1. The number of nitrogens with one attached hydrogen (secondary N) is 1. The van der Waals surface area contributed by atoms with Crippen LogP contribution in [0.5, 0.6) is 0 Å². The van der Waals surface area contributed by atoms with Crippen LogP contribution in [-0.4, -0.2) is 47.7 Å². The number of carbonyl (C=O) groups excluding carboxylic acids is 1. The van der Waals surface area contributed by atoms with E-state index in [-0.39, 0.29) is 29.2 Å². The number of esters is 1. The third-order valence-electron chi connectivity index (χ3n) is 5.07. The van der Waals surface area contributed by atoms with E-state index < -0.39 is 35.8 Å². The van der Waals surface area contributed by atoms with Gasteiger partial charge in [-0.15, -0.1) is 11.3 Å². The first kappa shape index (κ1) is 21.4. The number of methoxy groups -OCH3 is 1. The second-order valence-electron chi connectivity index (χ2n) is 6.90. The lowest BCUT2D eigenvalue weighted by atomic mass is 9.89. The minimum atomic E-state index is -1.09. The molecule has 162 valence electrons. The van der Waals surface area contributed by atoms with Crippen LogP contribution < -0.4 is 5.32 Å². The molecule has 4 rings (SSSR count). The minimum Gasteiger partial charge on any atom is -0.479 e. The number of nitrogens with zero attached hydrogens (tertiary/aromatic N) is 2. The van der Waals surface area contributed by atoms with Crippen LogP contribution in [0.4, 0.5) is 4.39 Å². The Kier molecular flexibility index (Phi) is 6.03. The van der Waals surface area contributed by atoms with E-state index in [4.69, 9.17) is 21.1 Å². The fourth-order valence-corrected chi connectivity index (χ4v) is 4.44. The van der Waals surface area contributed by atoms with Crippen molar-refractivity contribution in [3.05, 3.63) is 62.5 Å². The van der Waals surface area contributed by atoms with Crippen molar-refractivity contribution in [2.45, 2.75) is 18.6 Å². The second kappa shape index (κ2) is 8.74. The van der Waals surface area contributed by atoms with Crippen LogP contribution in [-0.2, 0) is 19.1 Å². The highest BCUT2D eigenvalue weighted by atomic mass is 35.5. The van der Waals surface area contributed by atoms with Gasteiger partial charge in [0.2, 0.25) is 0 Å². The first-order valence-electron chi connectivity index (χ1n) is 9.26. The van der Waals surface area contributed by atoms with E-state index in [1.165, 1.54) is 30.6 Å². The zero-order valence-corrected chi connectivity index (χ0v) is 17.7. The Hall–Kier alpha value is -2.82. The average Bonchev–Trinajstić information content (AvgIpc) is 3.47. The third kappa shape index (κ3) is 4.06. The van der Waals surface area contributed by atoms with Gasteiger partial charge in [-0.25, -0.2) is 19.0 Å². The second-order valence-corrected chi connectivity index (χ2v) is 8.17. The molecule has 1 aromatic heterocycles. The number of benzene rings is 1. The third-order valence-corrected chi connectivity index (χ3v) is 6.25. The van der Waals surface area contributed by atoms with E-state index in [2.05, 4.69) is 15.3 Å². The number of halogens is 2. The van der Waals surface area contributed by atoms with Gasteiger partial charge in [0.15, 0.2) is 16.9 Å². The van der Waals surface area contributed by atoms with Gasteiger partial charge in [0.25, 0.3) is 0 Å². The molecule has 3 atom stereocenters. The molecule has 1 fully saturated rings. The molecule has 2 aromatic rings. The van der Waals surface area contributed by atoms with E-state index in [9.17, 15) is 19.1 Å². The molecule has 2 N–H and O–H groups in total. The minimum absolute atomic E-state index is 0.0779. The summed E-state index contributed by atoms with van der Waals surface area (Å²) in [6.45, 7) is 0.0779.